The number of anilines is 4. The molecule has 1 aliphatic rings. The molecular formula is C32H36N8O7. The summed E-state index contributed by atoms with van der Waals surface area (Å²) in [5.74, 6) is -1.90. The van der Waals surface area contributed by atoms with Crippen LogP contribution in [0.3, 0.4) is 0 Å². The Labute approximate surface area is 270 Å². The van der Waals surface area contributed by atoms with Crippen LogP contribution in [0, 0.1) is 12.8 Å². The highest BCUT2D eigenvalue weighted by Gasteiger charge is 2.29. The van der Waals surface area contributed by atoms with E-state index in [1.165, 1.54) is 13.0 Å². The maximum atomic E-state index is 12.9. The number of pyridine rings is 2. The SMILES string of the molecule is CC1C(=O)NC(=O)NC1=O.CCCC(=O)Nc1cccc(NC(=O)c2cc(C)cc(C(=O)Nc3cccc(NC(=O)CCC)n3)c2)n1. The Kier molecular flexibility index (Phi) is 12.8. The monoisotopic (exact) mass is 644 g/mol. The highest BCUT2D eigenvalue weighted by atomic mass is 16.2. The van der Waals surface area contributed by atoms with E-state index >= 15 is 0 Å². The van der Waals surface area contributed by atoms with E-state index in [1.54, 1.807) is 55.5 Å². The van der Waals surface area contributed by atoms with Crippen molar-refractivity contribution in [3.05, 3.63) is 71.3 Å². The molecule has 246 valence electrons. The normalized spacial score (nSPS) is 12.5. The van der Waals surface area contributed by atoms with Gasteiger partial charge in [0.2, 0.25) is 23.6 Å². The van der Waals surface area contributed by atoms with Gasteiger partial charge in [-0.2, -0.15) is 0 Å². The first-order valence-electron chi connectivity index (χ1n) is 14.8. The van der Waals surface area contributed by atoms with Crippen LogP contribution in [-0.4, -0.2) is 51.4 Å². The molecule has 15 nitrogen and oxygen atoms in total. The van der Waals surface area contributed by atoms with Gasteiger partial charge < -0.3 is 21.3 Å². The summed E-state index contributed by atoms with van der Waals surface area (Å²) in [7, 11) is 0. The van der Waals surface area contributed by atoms with Crippen LogP contribution in [0.2, 0.25) is 0 Å². The first-order valence-corrected chi connectivity index (χ1v) is 14.8. The first-order chi connectivity index (χ1) is 22.4. The number of nitrogens with zero attached hydrogens (tertiary/aromatic N) is 2. The summed E-state index contributed by atoms with van der Waals surface area (Å²) in [6, 6.07) is 13.9. The molecule has 0 saturated carbocycles. The Morgan fingerprint density at radius 3 is 1.43 bits per heavy atom. The summed E-state index contributed by atoms with van der Waals surface area (Å²) in [6.07, 6.45) is 2.17. The Morgan fingerprint density at radius 2 is 1.04 bits per heavy atom. The second kappa shape index (κ2) is 16.9. The van der Waals surface area contributed by atoms with Crippen molar-refractivity contribution >= 4 is 64.7 Å². The predicted molar refractivity (Wildman–Crippen MR) is 173 cm³/mol. The smallest absolute Gasteiger partial charge is 0.311 e. The van der Waals surface area contributed by atoms with E-state index in [1.807, 2.05) is 24.5 Å². The maximum Gasteiger partial charge on any atom is 0.328 e. The van der Waals surface area contributed by atoms with Crippen molar-refractivity contribution in [3.63, 3.8) is 0 Å². The lowest BCUT2D eigenvalue weighted by Gasteiger charge is -2.16. The van der Waals surface area contributed by atoms with Gasteiger partial charge in [-0.3, -0.25) is 39.4 Å². The van der Waals surface area contributed by atoms with Gasteiger partial charge in [-0.25, -0.2) is 14.8 Å². The Hall–Kier alpha value is -5.99. The lowest BCUT2D eigenvalue weighted by Crippen LogP contribution is -2.54. The molecule has 1 saturated heterocycles. The molecule has 4 rings (SSSR count). The van der Waals surface area contributed by atoms with Crippen LogP contribution in [0.4, 0.5) is 28.1 Å². The number of nitrogens with one attached hydrogen (secondary N) is 6. The standard InChI is InChI=1S/C27H30N6O4.C5H6N2O3/c1-4-8-24(34)30-20-10-6-12-22(28-20)32-26(36)18-14-17(3)15-19(16-18)27(37)33-23-13-7-11-21(29-23)31-25(35)9-5-2;1-2-3(8)6-5(10)7-4(2)9/h6-7,10-16H,4-5,8-9H2,1-3H3,(H2,28,30,32,34,36)(H2,29,31,33,35,37);2H,1H3,(H2,6,7,8,9,10). The molecule has 0 spiro atoms. The molecule has 0 unspecified atom stereocenters. The third kappa shape index (κ3) is 11.1. The summed E-state index contributed by atoms with van der Waals surface area (Å²) >= 11 is 0. The van der Waals surface area contributed by atoms with Gasteiger partial charge >= 0.3 is 6.03 Å². The van der Waals surface area contributed by atoms with Gasteiger partial charge in [0.25, 0.3) is 11.8 Å². The van der Waals surface area contributed by atoms with Gasteiger partial charge in [-0.1, -0.05) is 26.0 Å². The molecule has 1 aliphatic heterocycles. The van der Waals surface area contributed by atoms with Crippen LogP contribution < -0.4 is 31.9 Å². The zero-order chi connectivity index (χ0) is 34.5. The van der Waals surface area contributed by atoms with E-state index in [-0.39, 0.29) is 34.6 Å². The van der Waals surface area contributed by atoms with Crippen LogP contribution in [-0.2, 0) is 19.2 Å². The maximum absolute atomic E-state index is 12.9. The second-order valence-electron chi connectivity index (χ2n) is 10.4. The number of carbonyl (C=O) groups is 7. The number of amides is 8. The number of rotatable bonds is 10. The summed E-state index contributed by atoms with van der Waals surface area (Å²) < 4.78 is 0. The molecule has 6 N–H and O–H groups in total. The van der Waals surface area contributed by atoms with E-state index in [4.69, 9.17) is 0 Å². The van der Waals surface area contributed by atoms with Crippen LogP contribution in [0.25, 0.3) is 0 Å². The van der Waals surface area contributed by atoms with Crippen LogP contribution in [0.5, 0.6) is 0 Å². The van der Waals surface area contributed by atoms with Gasteiger partial charge in [0.1, 0.15) is 29.2 Å². The minimum Gasteiger partial charge on any atom is -0.311 e. The van der Waals surface area contributed by atoms with Gasteiger partial charge in [0, 0.05) is 24.0 Å². The average molecular weight is 645 g/mol. The van der Waals surface area contributed by atoms with Crippen molar-refractivity contribution in [2.24, 2.45) is 5.92 Å². The van der Waals surface area contributed by atoms with Gasteiger partial charge in [0.05, 0.1) is 0 Å². The average Bonchev–Trinajstić information content (AvgIpc) is 3.00. The van der Waals surface area contributed by atoms with Crippen LogP contribution in [0.1, 0.15) is 72.7 Å². The number of urea groups is 1. The minimum absolute atomic E-state index is 0.156. The molecule has 0 atom stereocenters. The second-order valence-corrected chi connectivity index (χ2v) is 10.4. The van der Waals surface area contributed by atoms with E-state index in [0.717, 1.165) is 0 Å². The Bertz CT molecular complexity index is 1580. The summed E-state index contributed by atoms with van der Waals surface area (Å²) in [5, 5.41) is 14.7. The van der Waals surface area contributed by atoms with Crippen molar-refractivity contribution in [1.29, 1.82) is 0 Å². The lowest BCUT2D eigenvalue weighted by atomic mass is 10.1. The number of aromatic nitrogens is 2. The fraction of sp³-hybridized carbons (Fsp3) is 0.281. The molecule has 15 heteroatoms. The zero-order valence-electron chi connectivity index (χ0n) is 26.4. The van der Waals surface area contributed by atoms with Gasteiger partial charge in [-0.05, 0) is 74.7 Å². The highest BCUT2D eigenvalue weighted by molar-refractivity contribution is 6.15. The molecular weight excluding hydrogens is 608 g/mol. The van der Waals surface area contributed by atoms with Crippen molar-refractivity contribution < 1.29 is 33.6 Å². The predicted octanol–water partition coefficient (Wildman–Crippen LogP) is 3.76. The molecule has 1 aromatic carbocycles. The van der Waals surface area contributed by atoms with E-state index in [2.05, 4.69) is 31.2 Å². The molecule has 1 fully saturated rings. The fourth-order valence-electron chi connectivity index (χ4n) is 4.03. The number of aryl methyl sites for hydroxylation is 1. The number of benzene rings is 1. The van der Waals surface area contributed by atoms with Crippen molar-refractivity contribution in [1.82, 2.24) is 20.6 Å². The topological polar surface area (TPSA) is 217 Å². The number of imide groups is 2. The van der Waals surface area contributed by atoms with Crippen LogP contribution >= 0.6 is 0 Å². The molecule has 3 heterocycles. The molecule has 8 amide bonds. The zero-order valence-corrected chi connectivity index (χ0v) is 26.4. The van der Waals surface area contributed by atoms with Gasteiger partial charge in [-0.15, -0.1) is 0 Å². The largest absolute Gasteiger partial charge is 0.328 e. The summed E-state index contributed by atoms with van der Waals surface area (Å²) in [6.45, 7) is 7.01. The lowest BCUT2D eigenvalue weighted by molar-refractivity contribution is -0.135. The Balaban J connectivity index is 0.000000511. The third-order valence-electron chi connectivity index (χ3n) is 6.33. The number of barbiturate groups is 1. The minimum atomic E-state index is -0.766. The molecule has 0 aliphatic carbocycles. The fourth-order valence-corrected chi connectivity index (χ4v) is 4.03. The highest BCUT2D eigenvalue weighted by Crippen LogP contribution is 2.17. The van der Waals surface area contributed by atoms with Crippen molar-refractivity contribution in [3.8, 4) is 0 Å². The number of hydrogen-bond donors (Lipinski definition) is 6. The van der Waals surface area contributed by atoms with Crippen molar-refractivity contribution in [2.45, 2.75) is 53.4 Å². The first kappa shape index (κ1) is 35.5. The summed E-state index contributed by atoms with van der Waals surface area (Å²) in [5.41, 5.74) is 1.24. The summed E-state index contributed by atoms with van der Waals surface area (Å²) in [4.78, 5) is 89.6. The van der Waals surface area contributed by atoms with Crippen LogP contribution in [0.15, 0.2) is 54.6 Å². The number of hydrogen-bond acceptors (Lipinski definition) is 9. The molecule has 2 aromatic heterocycles. The molecule has 3 aromatic rings. The number of carbonyl (C=O) groups excluding carboxylic acids is 7. The van der Waals surface area contributed by atoms with Gasteiger partial charge in [0.15, 0.2) is 0 Å². The molecule has 0 radical (unpaired) electrons. The quantitative estimate of drug-likeness (QED) is 0.177. The van der Waals surface area contributed by atoms with E-state index in [9.17, 15) is 33.6 Å². The van der Waals surface area contributed by atoms with E-state index in [0.29, 0.717) is 42.9 Å². The molecule has 47 heavy (non-hydrogen) atoms. The van der Waals surface area contributed by atoms with Crippen molar-refractivity contribution in [2.75, 3.05) is 21.3 Å². The van der Waals surface area contributed by atoms with E-state index < -0.39 is 35.6 Å². The third-order valence-corrected chi connectivity index (χ3v) is 6.33. The molecule has 0 bridgehead atoms. The Morgan fingerprint density at radius 1 is 0.660 bits per heavy atom.